The number of nitrogens with zero attached hydrogens (tertiary/aromatic N) is 3. The maximum Gasteiger partial charge on any atom is 0.338 e. The van der Waals surface area contributed by atoms with E-state index in [-0.39, 0.29) is 23.6 Å². The van der Waals surface area contributed by atoms with Crippen LogP contribution in [0.15, 0.2) is 59.4 Å². The van der Waals surface area contributed by atoms with Crippen molar-refractivity contribution in [2.45, 2.75) is 20.0 Å². The summed E-state index contributed by atoms with van der Waals surface area (Å²) in [6, 6.07) is 14.4. The fraction of sp³-hybridized carbons (Fsp3) is 0.174. The molecule has 0 aliphatic heterocycles. The zero-order valence-corrected chi connectivity index (χ0v) is 18.7. The number of aromatic nitrogens is 3. The summed E-state index contributed by atoms with van der Waals surface area (Å²) in [4.78, 5) is 42.1. The van der Waals surface area contributed by atoms with Gasteiger partial charge in [-0.15, -0.1) is 0 Å². The van der Waals surface area contributed by atoms with Gasteiger partial charge in [-0.2, -0.15) is 9.61 Å². The number of hydrogen-bond donors (Lipinski definition) is 1. The molecule has 1 amide bonds. The summed E-state index contributed by atoms with van der Waals surface area (Å²) in [5.41, 5.74) is 1.12. The molecule has 2 heterocycles. The van der Waals surface area contributed by atoms with Gasteiger partial charge in [-0.3, -0.25) is 9.59 Å². The summed E-state index contributed by atoms with van der Waals surface area (Å²) in [5, 5.41) is 7.73. The van der Waals surface area contributed by atoms with Crippen LogP contribution < -0.4 is 15.6 Å². The molecule has 4 rings (SSSR count). The number of aryl methyl sites for hydroxylation is 1. The Balaban J connectivity index is 1.44. The Kier molecular flexibility index (Phi) is 6.45. The van der Waals surface area contributed by atoms with Crippen LogP contribution in [0.3, 0.4) is 0 Å². The fourth-order valence-corrected chi connectivity index (χ4v) is 3.88. The monoisotopic (exact) mass is 464 g/mol. The number of fused-ring (bicyclic) bond motifs is 1. The average Bonchev–Trinajstić information content (AvgIpc) is 3.27. The lowest BCUT2D eigenvalue weighted by Gasteiger charge is -2.09. The predicted octanol–water partition coefficient (Wildman–Crippen LogP) is 3.33. The van der Waals surface area contributed by atoms with Gasteiger partial charge in [0.2, 0.25) is 4.96 Å². The molecule has 10 heteroatoms. The molecule has 0 saturated carbocycles. The number of methoxy groups -OCH3 is 1. The number of anilines is 1. The van der Waals surface area contributed by atoms with Gasteiger partial charge < -0.3 is 14.8 Å². The van der Waals surface area contributed by atoms with Gasteiger partial charge in [0.05, 0.1) is 18.4 Å². The van der Waals surface area contributed by atoms with Crippen molar-refractivity contribution < 1.29 is 19.1 Å². The largest absolute Gasteiger partial charge is 0.497 e. The van der Waals surface area contributed by atoms with E-state index < -0.39 is 5.97 Å². The normalized spacial score (nSPS) is 10.7. The minimum absolute atomic E-state index is 0.162. The highest BCUT2D eigenvalue weighted by molar-refractivity contribution is 7.16. The summed E-state index contributed by atoms with van der Waals surface area (Å²) in [7, 11) is 1.52. The highest BCUT2D eigenvalue weighted by Gasteiger charge is 2.13. The molecular weight excluding hydrogens is 444 g/mol. The van der Waals surface area contributed by atoms with Crippen LogP contribution in [-0.2, 0) is 17.8 Å². The first kappa shape index (κ1) is 22.2. The lowest BCUT2D eigenvalue weighted by atomic mass is 10.1. The lowest BCUT2D eigenvalue weighted by Crippen LogP contribution is -2.17. The second-order valence-corrected chi connectivity index (χ2v) is 8.01. The minimum Gasteiger partial charge on any atom is -0.497 e. The molecule has 2 aromatic carbocycles. The number of ether oxygens (including phenoxy) is 2. The highest BCUT2D eigenvalue weighted by Crippen LogP contribution is 2.17. The number of esters is 1. The molecule has 2 aromatic heterocycles. The van der Waals surface area contributed by atoms with Crippen molar-refractivity contribution in [1.29, 1.82) is 0 Å². The Labute approximate surface area is 192 Å². The van der Waals surface area contributed by atoms with Crippen molar-refractivity contribution in [3.8, 4) is 5.75 Å². The minimum atomic E-state index is -0.604. The van der Waals surface area contributed by atoms with Crippen LogP contribution >= 0.6 is 11.3 Å². The molecule has 0 saturated heterocycles. The van der Waals surface area contributed by atoms with Crippen molar-refractivity contribution in [2.75, 3.05) is 12.4 Å². The van der Waals surface area contributed by atoms with Gasteiger partial charge >= 0.3 is 5.97 Å². The van der Waals surface area contributed by atoms with Crippen molar-refractivity contribution in [1.82, 2.24) is 14.6 Å². The first-order valence-electron chi connectivity index (χ1n) is 10.1. The van der Waals surface area contributed by atoms with Crippen LogP contribution in [0.2, 0.25) is 0 Å². The van der Waals surface area contributed by atoms with Gasteiger partial charge in [0.1, 0.15) is 17.4 Å². The molecule has 0 radical (unpaired) electrons. The zero-order chi connectivity index (χ0) is 23.4. The maximum atomic E-state index is 12.5. The first-order valence-corrected chi connectivity index (χ1v) is 10.9. The van der Waals surface area contributed by atoms with Crippen molar-refractivity contribution in [3.05, 3.63) is 86.8 Å². The van der Waals surface area contributed by atoms with Crippen LogP contribution in [0, 0.1) is 0 Å². The van der Waals surface area contributed by atoms with Gasteiger partial charge in [0.25, 0.3) is 11.5 Å². The van der Waals surface area contributed by atoms with Gasteiger partial charge in [-0.05, 0) is 42.8 Å². The second-order valence-electron chi connectivity index (χ2n) is 6.97. The smallest absolute Gasteiger partial charge is 0.338 e. The zero-order valence-electron chi connectivity index (χ0n) is 17.9. The van der Waals surface area contributed by atoms with Crippen molar-refractivity contribution >= 4 is 33.9 Å². The van der Waals surface area contributed by atoms with E-state index in [1.165, 1.54) is 35.1 Å². The van der Waals surface area contributed by atoms with E-state index in [4.69, 9.17) is 9.47 Å². The van der Waals surface area contributed by atoms with Crippen molar-refractivity contribution in [3.63, 3.8) is 0 Å². The van der Waals surface area contributed by atoms with Crippen LogP contribution in [-0.4, -0.2) is 33.6 Å². The Morgan fingerprint density at radius 1 is 1.09 bits per heavy atom. The summed E-state index contributed by atoms with van der Waals surface area (Å²) in [5.74, 6) is -0.378. The Hall–Kier alpha value is -4.05. The molecular formula is C23H20N4O5S. The van der Waals surface area contributed by atoms with Gasteiger partial charge in [0, 0.05) is 17.3 Å². The maximum absolute atomic E-state index is 12.5. The molecule has 0 aliphatic carbocycles. The number of amides is 1. The lowest BCUT2D eigenvalue weighted by molar-refractivity contribution is 0.0467. The highest BCUT2D eigenvalue weighted by atomic mass is 32.1. The van der Waals surface area contributed by atoms with Gasteiger partial charge in [-0.1, -0.05) is 30.4 Å². The molecule has 0 fully saturated rings. The number of nitrogens with one attached hydrogen (secondary N) is 1. The Morgan fingerprint density at radius 2 is 1.88 bits per heavy atom. The molecule has 0 aliphatic rings. The van der Waals surface area contributed by atoms with Crippen LogP contribution in [0.5, 0.6) is 5.75 Å². The molecule has 1 N–H and O–H groups in total. The van der Waals surface area contributed by atoms with Crippen LogP contribution in [0.1, 0.15) is 38.3 Å². The first-order chi connectivity index (χ1) is 16.0. The van der Waals surface area contributed by atoms with E-state index in [0.717, 1.165) is 5.01 Å². The fourth-order valence-electron chi connectivity index (χ4n) is 3.03. The van der Waals surface area contributed by atoms with Gasteiger partial charge in [0.15, 0.2) is 0 Å². The number of carbonyl (C=O) groups excluding carboxylic acids is 2. The molecule has 168 valence electrons. The molecule has 0 spiro atoms. The van der Waals surface area contributed by atoms with Crippen LogP contribution in [0.25, 0.3) is 4.96 Å². The van der Waals surface area contributed by atoms with E-state index >= 15 is 0 Å². The molecule has 9 nitrogen and oxygen atoms in total. The summed E-state index contributed by atoms with van der Waals surface area (Å²) < 4.78 is 11.7. The predicted molar refractivity (Wildman–Crippen MR) is 123 cm³/mol. The second kappa shape index (κ2) is 9.61. The average molecular weight is 465 g/mol. The van der Waals surface area contributed by atoms with E-state index in [1.807, 2.05) is 6.92 Å². The molecule has 0 bridgehead atoms. The Morgan fingerprint density at radius 3 is 2.67 bits per heavy atom. The number of hydrogen-bond acceptors (Lipinski definition) is 8. The van der Waals surface area contributed by atoms with E-state index in [1.54, 1.807) is 42.5 Å². The molecule has 4 aromatic rings. The SMILES string of the molecule is CCc1nn2c(=O)cc(COC(=O)c3cccc(NC(=O)c4cccc(OC)c4)c3)nc2s1. The molecule has 0 unspecified atom stereocenters. The van der Waals surface area contributed by atoms with Gasteiger partial charge in [-0.25, -0.2) is 9.78 Å². The Bertz CT molecular complexity index is 1400. The summed E-state index contributed by atoms with van der Waals surface area (Å²) in [6.45, 7) is 1.78. The quantitative estimate of drug-likeness (QED) is 0.418. The number of benzene rings is 2. The summed E-state index contributed by atoms with van der Waals surface area (Å²) in [6.07, 6.45) is 0.697. The third-order valence-corrected chi connectivity index (χ3v) is 5.73. The number of carbonyl (C=O) groups is 2. The topological polar surface area (TPSA) is 112 Å². The third kappa shape index (κ3) is 5.07. The van der Waals surface area contributed by atoms with Crippen LogP contribution in [0.4, 0.5) is 5.69 Å². The van der Waals surface area contributed by atoms with E-state index in [2.05, 4.69) is 15.4 Å². The standard InChI is InChI=1S/C23H20N4O5S/c1-3-19-26-27-20(28)12-17(25-23(27)33-19)13-32-22(30)15-7-4-8-16(10-15)24-21(29)14-6-5-9-18(11-14)31-2/h4-12H,3,13H2,1-2H3,(H,24,29). The third-order valence-electron chi connectivity index (χ3n) is 4.68. The van der Waals surface area contributed by atoms with E-state index in [0.29, 0.717) is 34.1 Å². The number of rotatable bonds is 7. The van der Waals surface area contributed by atoms with E-state index in [9.17, 15) is 14.4 Å². The molecule has 0 atom stereocenters. The van der Waals surface area contributed by atoms with Crippen molar-refractivity contribution in [2.24, 2.45) is 0 Å². The molecule has 33 heavy (non-hydrogen) atoms. The summed E-state index contributed by atoms with van der Waals surface area (Å²) >= 11 is 1.32.